The first kappa shape index (κ1) is 20.3. The molecule has 8 heteroatoms. The largest absolute Gasteiger partial charge is 0.487 e. The van der Waals surface area contributed by atoms with Crippen molar-refractivity contribution in [3.8, 4) is 5.75 Å². The summed E-state index contributed by atoms with van der Waals surface area (Å²) in [5, 5.41) is 11.8. The fourth-order valence-electron chi connectivity index (χ4n) is 3.33. The highest BCUT2D eigenvalue weighted by atomic mass is 35.5. The predicted molar refractivity (Wildman–Crippen MR) is 114 cm³/mol. The summed E-state index contributed by atoms with van der Waals surface area (Å²) in [6.45, 7) is 4.62. The van der Waals surface area contributed by atoms with Gasteiger partial charge >= 0.3 is 0 Å². The molecule has 7 nitrogen and oxygen atoms in total. The summed E-state index contributed by atoms with van der Waals surface area (Å²) in [5.41, 5.74) is 1.17. The quantitative estimate of drug-likeness (QED) is 0.572. The number of aryl methyl sites for hydroxylation is 1. The second kappa shape index (κ2) is 9.68. The third-order valence-electron chi connectivity index (χ3n) is 4.76. The summed E-state index contributed by atoms with van der Waals surface area (Å²) in [6.07, 6.45) is 6.18. The second-order valence-electron chi connectivity index (χ2n) is 7.11. The van der Waals surface area contributed by atoms with Gasteiger partial charge < -0.3 is 20.3 Å². The third-order valence-corrected chi connectivity index (χ3v) is 5.08. The number of benzene rings is 1. The van der Waals surface area contributed by atoms with Crippen LogP contribution in [0.3, 0.4) is 0 Å². The Morgan fingerprint density at radius 3 is 2.96 bits per heavy atom. The minimum atomic E-state index is -0.0447. The summed E-state index contributed by atoms with van der Waals surface area (Å²) in [6, 6.07) is 7.84. The molecular weight excluding hydrogens is 376 g/mol. The number of hydrogen-bond acceptors (Lipinski definition) is 4. The zero-order valence-corrected chi connectivity index (χ0v) is 17.5. The van der Waals surface area contributed by atoms with Gasteiger partial charge in [0.25, 0.3) is 0 Å². The Kier molecular flexibility index (Phi) is 7.03. The van der Waals surface area contributed by atoms with Gasteiger partial charge in [-0.05, 0) is 31.9 Å². The molecule has 1 fully saturated rings. The highest BCUT2D eigenvalue weighted by Crippen LogP contribution is 2.24. The van der Waals surface area contributed by atoms with Crippen LogP contribution >= 0.6 is 11.6 Å². The van der Waals surface area contributed by atoms with E-state index in [-0.39, 0.29) is 6.10 Å². The standard InChI is InChI=1S/C20H29ClN6O/c1-15(28-19-9-5-4-8-18(19)21)11-23-20(22-2)25-16-7-6-10-27(13-16)17-12-24-26(3)14-17/h4-5,8-9,12,14-16H,6-7,10-11,13H2,1-3H3,(H2,22,23,25). The fraction of sp³-hybridized carbons (Fsp3) is 0.500. The van der Waals surface area contributed by atoms with E-state index in [0.29, 0.717) is 23.4 Å². The summed E-state index contributed by atoms with van der Waals surface area (Å²) in [7, 11) is 3.73. The number of ether oxygens (including phenoxy) is 1. The first-order valence-electron chi connectivity index (χ1n) is 9.67. The fourth-order valence-corrected chi connectivity index (χ4v) is 3.51. The molecule has 152 valence electrons. The van der Waals surface area contributed by atoms with Crippen LogP contribution in [0, 0.1) is 0 Å². The van der Waals surface area contributed by atoms with Gasteiger partial charge in [-0.3, -0.25) is 9.67 Å². The Morgan fingerprint density at radius 1 is 1.43 bits per heavy atom. The Hall–Kier alpha value is -2.41. The van der Waals surface area contributed by atoms with E-state index >= 15 is 0 Å². The van der Waals surface area contributed by atoms with Gasteiger partial charge in [-0.1, -0.05) is 23.7 Å². The number of nitrogens with zero attached hydrogens (tertiary/aromatic N) is 4. The monoisotopic (exact) mass is 404 g/mol. The highest BCUT2D eigenvalue weighted by molar-refractivity contribution is 6.32. The van der Waals surface area contributed by atoms with Crippen molar-refractivity contribution in [2.75, 3.05) is 31.6 Å². The molecule has 2 atom stereocenters. The number of nitrogens with one attached hydrogen (secondary N) is 2. The summed E-state index contributed by atoms with van der Waals surface area (Å²) in [5.74, 6) is 1.48. The van der Waals surface area contributed by atoms with Crippen LogP contribution in [-0.4, -0.2) is 54.6 Å². The molecule has 1 saturated heterocycles. The summed E-state index contributed by atoms with van der Waals surface area (Å²) in [4.78, 5) is 6.72. The van der Waals surface area contributed by atoms with Gasteiger partial charge in [0.1, 0.15) is 11.9 Å². The number of anilines is 1. The maximum Gasteiger partial charge on any atom is 0.191 e. The van der Waals surface area contributed by atoms with Crippen LogP contribution in [-0.2, 0) is 7.05 Å². The van der Waals surface area contributed by atoms with Crippen LogP contribution in [0.1, 0.15) is 19.8 Å². The number of rotatable bonds is 6. The van der Waals surface area contributed by atoms with Gasteiger partial charge in [0.15, 0.2) is 5.96 Å². The number of aromatic nitrogens is 2. The first-order chi connectivity index (χ1) is 13.5. The molecule has 0 bridgehead atoms. The van der Waals surface area contributed by atoms with Crippen molar-refractivity contribution in [3.05, 3.63) is 41.7 Å². The molecule has 2 N–H and O–H groups in total. The van der Waals surface area contributed by atoms with Gasteiger partial charge in [0.05, 0.1) is 23.5 Å². The highest BCUT2D eigenvalue weighted by Gasteiger charge is 2.22. The lowest BCUT2D eigenvalue weighted by atomic mass is 10.1. The van der Waals surface area contributed by atoms with Crippen LogP contribution in [0.4, 0.5) is 5.69 Å². The number of guanidine groups is 1. The topological polar surface area (TPSA) is 66.7 Å². The van der Waals surface area contributed by atoms with Crippen molar-refractivity contribution in [1.29, 1.82) is 0 Å². The van der Waals surface area contributed by atoms with Gasteiger partial charge in [0.2, 0.25) is 0 Å². The van der Waals surface area contributed by atoms with E-state index in [4.69, 9.17) is 16.3 Å². The van der Waals surface area contributed by atoms with E-state index in [1.54, 1.807) is 7.05 Å². The van der Waals surface area contributed by atoms with Gasteiger partial charge in [-0.2, -0.15) is 5.10 Å². The summed E-state index contributed by atoms with van der Waals surface area (Å²) >= 11 is 6.16. The van der Waals surface area contributed by atoms with E-state index in [0.717, 1.165) is 31.9 Å². The molecule has 0 amide bonds. The maximum absolute atomic E-state index is 6.16. The van der Waals surface area contributed by atoms with Crippen molar-refractivity contribution in [2.24, 2.45) is 12.0 Å². The third kappa shape index (κ3) is 5.55. The molecule has 3 rings (SSSR count). The van der Waals surface area contributed by atoms with Crippen molar-refractivity contribution < 1.29 is 4.74 Å². The minimum Gasteiger partial charge on any atom is -0.487 e. The zero-order valence-electron chi connectivity index (χ0n) is 16.7. The minimum absolute atomic E-state index is 0.0447. The van der Waals surface area contributed by atoms with E-state index in [1.807, 2.05) is 49.1 Å². The van der Waals surface area contributed by atoms with Crippen molar-refractivity contribution in [2.45, 2.75) is 31.9 Å². The average Bonchev–Trinajstić information content (AvgIpc) is 3.13. The maximum atomic E-state index is 6.16. The number of hydrogen-bond donors (Lipinski definition) is 2. The van der Waals surface area contributed by atoms with Gasteiger partial charge in [-0.25, -0.2) is 0 Å². The molecule has 1 aromatic carbocycles. The average molecular weight is 405 g/mol. The van der Waals surface area contributed by atoms with Crippen LogP contribution in [0.25, 0.3) is 0 Å². The Balaban J connectivity index is 1.48. The number of piperidine rings is 1. The molecular formula is C20H29ClN6O. The molecule has 2 aromatic rings. The van der Waals surface area contributed by atoms with Crippen LogP contribution in [0.5, 0.6) is 5.75 Å². The lowest BCUT2D eigenvalue weighted by Gasteiger charge is -2.34. The van der Waals surface area contributed by atoms with E-state index in [1.165, 1.54) is 5.69 Å². The van der Waals surface area contributed by atoms with Crippen LogP contribution in [0.2, 0.25) is 5.02 Å². The Bertz CT molecular complexity index is 793. The van der Waals surface area contributed by atoms with Crippen LogP contribution < -0.4 is 20.3 Å². The molecule has 1 aliphatic heterocycles. The van der Waals surface area contributed by atoms with Gasteiger partial charge in [-0.15, -0.1) is 0 Å². The van der Waals surface area contributed by atoms with Crippen molar-refractivity contribution >= 4 is 23.2 Å². The lowest BCUT2D eigenvalue weighted by molar-refractivity contribution is 0.224. The summed E-state index contributed by atoms with van der Waals surface area (Å²) < 4.78 is 7.75. The molecule has 2 unspecified atom stereocenters. The molecule has 2 heterocycles. The molecule has 28 heavy (non-hydrogen) atoms. The Morgan fingerprint density at radius 2 is 2.25 bits per heavy atom. The molecule has 0 spiro atoms. The number of para-hydroxylation sites is 1. The zero-order chi connectivity index (χ0) is 19.9. The van der Waals surface area contributed by atoms with E-state index in [2.05, 4.69) is 31.8 Å². The first-order valence-corrected chi connectivity index (χ1v) is 10.0. The normalized spacial score (nSPS) is 18.6. The lowest BCUT2D eigenvalue weighted by Crippen LogP contribution is -2.52. The molecule has 1 aliphatic rings. The van der Waals surface area contributed by atoms with Crippen molar-refractivity contribution in [1.82, 2.24) is 20.4 Å². The van der Waals surface area contributed by atoms with Crippen LogP contribution in [0.15, 0.2) is 41.7 Å². The number of aliphatic imine (C=N–C) groups is 1. The smallest absolute Gasteiger partial charge is 0.191 e. The molecule has 1 aromatic heterocycles. The predicted octanol–water partition coefficient (Wildman–Crippen LogP) is 2.67. The van der Waals surface area contributed by atoms with E-state index < -0.39 is 0 Å². The molecule has 0 saturated carbocycles. The number of halogens is 1. The molecule has 0 aliphatic carbocycles. The molecule has 0 radical (unpaired) electrons. The van der Waals surface area contributed by atoms with Crippen molar-refractivity contribution in [3.63, 3.8) is 0 Å². The van der Waals surface area contributed by atoms with Gasteiger partial charge in [0, 0.05) is 39.4 Å². The SMILES string of the molecule is CN=C(NCC(C)Oc1ccccc1Cl)NC1CCCN(c2cnn(C)c2)C1. The second-order valence-corrected chi connectivity index (χ2v) is 7.52. The van der Waals surface area contributed by atoms with E-state index in [9.17, 15) is 0 Å². The Labute approximate surface area is 171 Å².